The van der Waals surface area contributed by atoms with Crippen molar-refractivity contribution in [2.45, 2.75) is 26.8 Å². The smallest absolute Gasteiger partial charge is 0.338 e. The van der Waals surface area contributed by atoms with Gasteiger partial charge in [0.15, 0.2) is 5.11 Å². The second kappa shape index (κ2) is 8.45. The molecule has 4 nitrogen and oxygen atoms in total. The predicted molar refractivity (Wildman–Crippen MR) is 101 cm³/mol. The van der Waals surface area contributed by atoms with Gasteiger partial charge in [-0.15, -0.1) is 0 Å². The fourth-order valence-corrected chi connectivity index (χ4v) is 2.75. The second-order valence-corrected chi connectivity index (χ2v) is 5.89. The predicted octanol–water partition coefficient (Wildman–Crippen LogP) is 4.22. The second-order valence-electron chi connectivity index (χ2n) is 5.48. The minimum Gasteiger partial charge on any atom is -0.462 e. The molecule has 0 radical (unpaired) electrons. The van der Waals surface area contributed by atoms with Gasteiger partial charge >= 0.3 is 5.97 Å². The first kappa shape index (κ1) is 17.9. The summed E-state index contributed by atoms with van der Waals surface area (Å²) in [7, 11) is 0. The van der Waals surface area contributed by atoms with E-state index in [1.807, 2.05) is 18.2 Å². The van der Waals surface area contributed by atoms with Crippen LogP contribution in [0.5, 0.6) is 0 Å². The molecule has 2 rings (SSSR count). The van der Waals surface area contributed by atoms with Crippen molar-refractivity contribution in [2.75, 3.05) is 11.9 Å². The number of benzene rings is 2. The maximum atomic E-state index is 11.8. The SMILES string of the molecule is CCOC(=O)c1cccc(NC(=S)NC(C)c2ccccc2C)c1. The van der Waals surface area contributed by atoms with Crippen molar-refractivity contribution < 1.29 is 9.53 Å². The Bertz CT molecular complexity index is 731. The van der Waals surface area contributed by atoms with E-state index in [0.29, 0.717) is 17.3 Å². The molecule has 0 saturated heterocycles. The number of nitrogens with one attached hydrogen (secondary N) is 2. The minimum absolute atomic E-state index is 0.0828. The molecular weight excluding hydrogens is 320 g/mol. The highest BCUT2D eigenvalue weighted by Crippen LogP contribution is 2.17. The average Bonchev–Trinajstić information content (AvgIpc) is 2.55. The first-order valence-electron chi connectivity index (χ1n) is 7.91. The standard InChI is InChI=1S/C19H22N2O2S/c1-4-23-18(22)15-9-7-10-16(12-15)21-19(24)20-14(3)17-11-6-5-8-13(17)2/h5-12,14H,4H2,1-3H3,(H2,20,21,24). The van der Waals surface area contributed by atoms with Gasteiger partial charge < -0.3 is 15.4 Å². The van der Waals surface area contributed by atoms with Crippen LogP contribution in [-0.2, 0) is 4.74 Å². The van der Waals surface area contributed by atoms with Crippen molar-refractivity contribution >= 4 is 29.0 Å². The quantitative estimate of drug-likeness (QED) is 0.629. The van der Waals surface area contributed by atoms with Crippen LogP contribution in [0.15, 0.2) is 48.5 Å². The molecule has 1 atom stereocenters. The number of anilines is 1. The molecule has 0 aliphatic rings. The number of thiocarbonyl (C=S) groups is 1. The Hall–Kier alpha value is -2.40. The molecule has 0 spiro atoms. The summed E-state index contributed by atoms with van der Waals surface area (Å²) in [5, 5.41) is 6.88. The van der Waals surface area contributed by atoms with Crippen molar-refractivity contribution in [1.82, 2.24) is 5.32 Å². The van der Waals surface area contributed by atoms with E-state index in [4.69, 9.17) is 17.0 Å². The summed E-state index contributed by atoms with van der Waals surface area (Å²) in [6.45, 7) is 6.27. The molecule has 0 amide bonds. The highest BCUT2D eigenvalue weighted by atomic mass is 32.1. The van der Waals surface area contributed by atoms with Crippen LogP contribution in [0.3, 0.4) is 0 Å². The van der Waals surface area contributed by atoms with E-state index >= 15 is 0 Å². The van der Waals surface area contributed by atoms with Gasteiger partial charge in [0.2, 0.25) is 0 Å². The Morgan fingerprint density at radius 2 is 1.96 bits per heavy atom. The normalized spacial score (nSPS) is 11.5. The maximum absolute atomic E-state index is 11.8. The molecule has 2 aromatic carbocycles. The number of rotatable bonds is 5. The Kier molecular flexibility index (Phi) is 6.32. The van der Waals surface area contributed by atoms with Crippen molar-refractivity contribution in [1.29, 1.82) is 0 Å². The van der Waals surface area contributed by atoms with Gasteiger partial charge in [-0.05, 0) is 62.3 Å². The topological polar surface area (TPSA) is 50.4 Å². The molecule has 2 aromatic rings. The molecule has 24 heavy (non-hydrogen) atoms. The molecule has 0 bridgehead atoms. The molecule has 5 heteroatoms. The minimum atomic E-state index is -0.340. The third kappa shape index (κ3) is 4.80. The van der Waals surface area contributed by atoms with Crippen molar-refractivity contribution in [3.63, 3.8) is 0 Å². The van der Waals surface area contributed by atoms with Gasteiger partial charge in [0.05, 0.1) is 18.2 Å². The van der Waals surface area contributed by atoms with E-state index in [9.17, 15) is 4.79 Å². The zero-order valence-corrected chi connectivity index (χ0v) is 14.9. The Morgan fingerprint density at radius 3 is 2.67 bits per heavy atom. The maximum Gasteiger partial charge on any atom is 0.338 e. The van der Waals surface area contributed by atoms with Crippen LogP contribution in [0.25, 0.3) is 0 Å². The number of hydrogen-bond acceptors (Lipinski definition) is 3. The monoisotopic (exact) mass is 342 g/mol. The van der Waals surface area contributed by atoms with Gasteiger partial charge in [-0.1, -0.05) is 30.3 Å². The molecule has 0 aliphatic heterocycles. The van der Waals surface area contributed by atoms with Gasteiger partial charge in [0, 0.05) is 5.69 Å². The molecular formula is C19H22N2O2S. The van der Waals surface area contributed by atoms with E-state index in [-0.39, 0.29) is 12.0 Å². The zero-order chi connectivity index (χ0) is 17.5. The summed E-state index contributed by atoms with van der Waals surface area (Å²) in [6.07, 6.45) is 0. The molecule has 2 N–H and O–H groups in total. The van der Waals surface area contributed by atoms with Crippen LogP contribution < -0.4 is 10.6 Å². The van der Waals surface area contributed by atoms with E-state index in [1.165, 1.54) is 11.1 Å². The number of carbonyl (C=O) groups is 1. The van der Waals surface area contributed by atoms with Crippen LogP contribution in [0.4, 0.5) is 5.69 Å². The van der Waals surface area contributed by atoms with Gasteiger partial charge in [0.1, 0.15) is 0 Å². The van der Waals surface area contributed by atoms with E-state index in [2.05, 4.69) is 36.6 Å². The lowest BCUT2D eigenvalue weighted by Crippen LogP contribution is -2.31. The summed E-state index contributed by atoms with van der Waals surface area (Å²) in [5.41, 5.74) is 3.65. The lowest BCUT2D eigenvalue weighted by Gasteiger charge is -2.19. The third-order valence-electron chi connectivity index (χ3n) is 3.63. The fraction of sp³-hybridized carbons (Fsp3) is 0.263. The van der Waals surface area contributed by atoms with Gasteiger partial charge in [-0.2, -0.15) is 0 Å². The molecule has 0 saturated carbocycles. The summed E-state index contributed by atoms with van der Waals surface area (Å²) in [6, 6.07) is 15.4. The molecule has 0 aromatic heterocycles. The van der Waals surface area contributed by atoms with E-state index < -0.39 is 0 Å². The average molecular weight is 342 g/mol. The Labute approximate surface area is 148 Å². The molecule has 1 unspecified atom stereocenters. The van der Waals surface area contributed by atoms with E-state index in [1.54, 1.807) is 25.1 Å². The summed E-state index contributed by atoms with van der Waals surface area (Å²) >= 11 is 5.38. The largest absolute Gasteiger partial charge is 0.462 e. The lowest BCUT2D eigenvalue weighted by atomic mass is 10.0. The van der Waals surface area contributed by atoms with Crippen molar-refractivity contribution in [3.8, 4) is 0 Å². The zero-order valence-electron chi connectivity index (χ0n) is 14.1. The summed E-state index contributed by atoms with van der Waals surface area (Å²) < 4.78 is 5.01. The van der Waals surface area contributed by atoms with Gasteiger partial charge in [-0.3, -0.25) is 0 Å². The highest BCUT2D eigenvalue weighted by Gasteiger charge is 2.10. The summed E-state index contributed by atoms with van der Waals surface area (Å²) in [5.74, 6) is -0.340. The number of hydrogen-bond donors (Lipinski definition) is 2. The fourth-order valence-electron chi connectivity index (χ4n) is 2.45. The third-order valence-corrected chi connectivity index (χ3v) is 3.85. The van der Waals surface area contributed by atoms with Crippen LogP contribution >= 0.6 is 12.2 Å². The molecule has 126 valence electrons. The number of aryl methyl sites for hydroxylation is 1. The lowest BCUT2D eigenvalue weighted by molar-refractivity contribution is 0.0526. The Balaban J connectivity index is 2.01. The van der Waals surface area contributed by atoms with Gasteiger partial charge in [-0.25, -0.2) is 4.79 Å². The van der Waals surface area contributed by atoms with Crippen LogP contribution in [-0.4, -0.2) is 17.7 Å². The van der Waals surface area contributed by atoms with Crippen molar-refractivity contribution in [3.05, 3.63) is 65.2 Å². The number of carbonyl (C=O) groups excluding carboxylic acids is 1. The van der Waals surface area contributed by atoms with E-state index in [0.717, 1.165) is 5.69 Å². The number of ether oxygens (including phenoxy) is 1. The summed E-state index contributed by atoms with van der Waals surface area (Å²) in [4.78, 5) is 11.8. The molecule has 0 fully saturated rings. The van der Waals surface area contributed by atoms with Crippen LogP contribution in [0.1, 0.15) is 41.4 Å². The van der Waals surface area contributed by atoms with Crippen LogP contribution in [0.2, 0.25) is 0 Å². The highest BCUT2D eigenvalue weighted by molar-refractivity contribution is 7.80. The van der Waals surface area contributed by atoms with Crippen molar-refractivity contribution in [2.24, 2.45) is 0 Å². The van der Waals surface area contributed by atoms with Gasteiger partial charge in [0.25, 0.3) is 0 Å². The Morgan fingerprint density at radius 1 is 1.21 bits per heavy atom. The molecule has 0 aliphatic carbocycles. The first-order valence-corrected chi connectivity index (χ1v) is 8.32. The number of esters is 1. The van der Waals surface area contributed by atoms with Crippen LogP contribution in [0, 0.1) is 6.92 Å². The first-order chi connectivity index (χ1) is 11.5. The molecule has 0 heterocycles.